The number of thioether (sulfide) groups is 1. The summed E-state index contributed by atoms with van der Waals surface area (Å²) < 4.78 is 0. The summed E-state index contributed by atoms with van der Waals surface area (Å²) in [6.07, 6.45) is 7.39. The molecule has 1 aliphatic heterocycles. The van der Waals surface area contributed by atoms with Gasteiger partial charge in [0.25, 0.3) is 0 Å². The molecular weight excluding hydrogens is 318 g/mol. The average Bonchev–Trinajstić information content (AvgIpc) is 2.57. The fourth-order valence-corrected chi connectivity index (χ4v) is 4.14. The molecule has 0 saturated heterocycles. The van der Waals surface area contributed by atoms with E-state index in [4.69, 9.17) is 0 Å². The summed E-state index contributed by atoms with van der Waals surface area (Å²) in [6.45, 7) is 5.68. The molecule has 4 rings (SSSR count). The standard InChI is InChI=1S/C20H15NO2S/c1-3-11(2)13-10-17-18(20(23)19(13)22)12-8-9-14(12)21-15-6-4-5-7-16(15)24-17/h3-11,13H,1H2,2H3/b18-12+,21-14?. The van der Waals surface area contributed by atoms with E-state index in [1.807, 2.05) is 49.4 Å². The molecule has 0 amide bonds. The Morgan fingerprint density at radius 3 is 2.75 bits per heavy atom. The molecule has 24 heavy (non-hydrogen) atoms. The summed E-state index contributed by atoms with van der Waals surface area (Å²) in [5.41, 5.74) is 2.91. The van der Waals surface area contributed by atoms with Gasteiger partial charge in [-0.1, -0.05) is 43.0 Å². The second-order valence-electron chi connectivity index (χ2n) is 6.03. The molecule has 3 nitrogen and oxygen atoms in total. The van der Waals surface area contributed by atoms with E-state index in [0.29, 0.717) is 5.57 Å². The van der Waals surface area contributed by atoms with E-state index in [0.717, 1.165) is 26.8 Å². The minimum absolute atomic E-state index is 0.0770. The number of nitrogens with zero attached hydrogens (tertiary/aromatic N) is 1. The number of rotatable bonds is 2. The quantitative estimate of drug-likeness (QED) is 0.602. The zero-order chi connectivity index (χ0) is 16.8. The molecule has 2 unspecified atom stereocenters. The van der Waals surface area contributed by atoms with E-state index < -0.39 is 11.7 Å². The van der Waals surface area contributed by atoms with Gasteiger partial charge in [0.2, 0.25) is 11.6 Å². The maximum atomic E-state index is 12.8. The highest BCUT2D eigenvalue weighted by Crippen LogP contribution is 2.45. The zero-order valence-corrected chi connectivity index (χ0v) is 14.0. The van der Waals surface area contributed by atoms with Gasteiger partial charge in [-0.3, -0.25) is 9.59 Å². The molecule has 1 aromatic carbocycles. The van der Waals surface area contributed by atoms with Gasteiger partial charge in [0, 0.05) is 20.9 Å². The van der Waals surface area contributed by atoms with Gasteiger partial charge in [-0.05, 0) is 30.2 Å². The summed E-state index contributed by atoms with van der Waals surface area (Å²) >= 11 is 1.51. The first-order valence-corrected chi connectivity index (χ1v) is 8.63. The van der Waals surface area contributed by atoms with Gasteiger partial charge < -0.3 is 0 Å². The van der Waals surface area contributed by atoms with Crippen molar-refractivity contribution in [1.29, 1.82) is 0 Å². The minimum Gasteiger partial charge on any atom is -0.290 e. The number of para-hydroxylation sites is 1. The highest BCUT2D eigenvalue weighted by molar-refractivity contribution is 8.03. The number of allylic oxidation sites excluding steroid dienone is 6. The van der Waals surface area contributed by atoms with Crippen LogP contribution in [0.25, 0.3) is 0 Å². The van der Waals surface area contributed by atoms with Crippen LogP contribution in [0.4, 0.5) is 5.69 Å². The molecule has 0 fully saturated rings. The van der Waals surface area contributed by atoms with Crippen molar-refractivity contribution >= 4 is 34.7 Å². The monoisotopic (exact) mass is 333 g/mol. The fourth-order valence-electron chi connectivity index (χ4n) is 3.02. The topological polar surface area (TPSA) is 46.5 Å². The molecule has 2 atom stereocenters. The van der Waals surface area contributed by atoms with E-state index in [9.17, 15) is 9.59 Å². The normalized spacial score (nSPS) is 26.0. The van der Waals surface area contributed by atoms with Gasteiger partial charge in [-0.25, -0.2) is 4.99 Å². The summed E-state index contributed by atoms with van der Waals surface area (Å²) in [6, 6.07) is 7.85. The van der Waals surface area contributed by atoms with Crippen LogP contribution >= 0.6 is 11.8 Å². The largest absolute Gasteiger partial charge is 0.290 e. The number of Topliss-reactive ketones (excluding diaryl/α,β-unsaturated/α-hetero) is 2. The van der Waals surface area contributed by atoms with E-state index in [1.54, 1.807) is 6.08 Å². The second-order valence-corrected chi connectivity index (χ2v) is 7.12. The SMILES string of the molecule is C=CC(C)C1C=C2Sc3ccccc3N=C3C=C/C3=C/2C(=O)C1=O. The van der Waals surface area contributed by atoms with Crippen molar-refractivity contribution in [1.82, 2.24) is 0 Å². The highest BCUT2D eigenvalue weighted by atomic mass is 32.2. The first-order valence-electron chi connectivity index (χ1n) is 7.81. The molecule has 0 spiro atoms. The average molecular weight is 333 g/mol. The first-order chi connectivity index (χ1) is 11.6. The Morgan fingerprint density at radius 2 is 2.04 bits per heavy atom. The van der Waals surface area contributed by atoms with Gasteiger partial charge in [0.1, 0.15) is 0 Å². The lowest BCUT2D eigenvalue weighted by Gasteiger charge is -2.28. The van der Waals surface area contributed by atoms with Crippen LogP contribution in [0.2, 0.25) is 0 Å². The Labute approximate surface area is 144 Å². The van der Waals surface area contributed by atoms with Crippen LogP contribution in [0.15, 0.2) is 81.1 Å². The van der Waals surface area contributed by atoms with Crippen molar-refractivity contribution in [2.24, 2.45) is 16.8 Å². The van der Waals surface area contributed by atoms with E-state index in [-0.39, 0.29) is 11.7 Å². The molecule has 3 aliphatic rings. The number of hydrogen-bond donors (Lipinski definition) is 0. The van der Waals surface area contributed by atoms with E-state index in [2.05, 4.69) is 11.6 Å². The number of benzene rings is 1. The number of hydrogen-bond acceptors (Lipinski definition) is 4. The summed E-state index contributed by atoms with van der Waals surface area (Å²) in [7, 11) is 0. The third-order valence-electron chi connectivity index (χ3n) is 4.55. The third kappa shape index (κ3) is 2.18. The van der Waals surface area contributed by atoms with Gasteiger partial charge in [-0.2, -0.15) is 0 Å². The molecular formula is C20H15NO2S. The molecule has 1 aromatic rings. The molecule has 1 heterocycles. The van der Waals surface area contributed by atoms with Gasteiger partial charge in [-0.15, -0.1) is 6.58 Å². The van der Waals surface area contributed by atoms with Crippen molar-refractivity contribution < 1.29 is 9.59 Å². The number of carbonyl (C=O) groups is 2. The van der Waals surface area contributed by atoms with Crippen LogP contribution in [-0.2, 0) is 9.59 Å². The Morgan fingerprint density at radius 1 is 1.25 bits per heavy atom. The van der Waals surface area contributed by atoms with Crippen LogP contribution < -0.4 is 0 Å². The lowest BCUT2D eigenvalue weighted by Crippen LogP contribution is -2.34. The van der Waals surface area contributed by atoms with E-state index in [1.165, 1.54) is 11.8 Å². The van der Waals surface area contributed by atoms with Gasteiger partial charge in [0.15, 0.2) is 0 Å². The van der Waals surface area contributed by atoms with Crippen molar-refractivity contribution in [3.63, 3.8) is 0 Å². The summed E-state index contributed by atoms with van der Waals surface area (Å²) in [5, 5.41) is 0. The maximum absolute atomic E-state index is 12.8. The molecule has 118 valence electrons. The predicted molar refractivity (Wildman–Crippen MR) is 96.5 cm³/mol. The highest BCUT2D eigenvalue weighted by Gasteiger charge is 2.39. The van der Waals surface area contributed by atoms with Gasteiger partial charge in [0.05, 0.1) is 17.3 Å². The predicted octanol–water partition coefficient (Wildman–Crippen LogP) is 4.21. The molecule has 4 heteroatoms. The summed E-state index contributed by atoms with van der Waals surface area (Å²) in [5.74, 6) is -1.29. The van der Waals surface area contributed by atoms with E-state index >= 15 is 0 Å². The van der Waals surface area contributed by atoms with Gasteiger partial charge >= 0.3 is 0 Å². The van der Waals surface area contributed by atoms with Crippen molar-refractivity contribution in [3.05, 3.63) is 71.2 Å². The number of fused-ring (bicyclic) bond motifs is 3. The van der Waals surface area contributed by atoms with Crippen molar-refractivity contribution in [2.45, 2.75) is 11.8 Å². The Hall–Kier alpha value is -2.46. The number of carbonyl (C=O) groups excluding carboxylic acids is 2. The maximum Gasteiger partial charge on any atom is 0.231 e. The number of ketones is 2. The molecule has 0 N–H and O–H groups in total. The Bertz CT molecular complexity index is 917. The third-order valence-corrected chi connectivity index (χ3v) is 5.67. The van der Waals surface area contributed by atoms with Crippen LogP contribution in [0.3, 0.4) is 0 Å². The lowest BCUT2D eigenvalue weighted by atomic mass is 9.79. The Kier molecular flexibility index (Phi) is 3.50. The van der Waals surface area contributed by atoms with Crippen molar-refractivity contribution in [2.75, 3.05) is 0 Å². The fraction of sp³-hybridized carbons (Fsp3) is 0.150. The summed E-state index contributed by atoms with van der Waals surface area (Å²) in [4.78, 5) is 31.8. The molecule has 2 aliphatic carbocycles. The van der Waals surface area contributed by atoms with Crippen molar-refractivity contribution in [3.8, 4) is 0 Å². The number of aliphatic imine (C=N–C) groups is 1. The Balaban J connectivity index is 1.95. The molecule has 0 radical (unpaired) electrons. The smallest absolute Gasteiger partial charge is 0.231 e. The van der Waals surface area contributed by atoms with Crippen LogP contribution in [0.5, 0.6) is 0 Å². The van der Waals surface area contributed by atoms with Crippen LogP contribution in [0, 0.1) is 11.8 Å². The molecule has 0 bridgehead atoms. The second kappa shape index (κ2) is 5.56. The zero-order valence-electron chi connectivity index (χ0n) is 13.2. The lowest BCUT2D eigenvalue weighted by molar-refractivity contribution is -0.136. The molecule has 0 aromatic heterocycles. The molecule has 0 saturated carbocycles. The van der Waals surface area contributed by atoms with Crippen LogP contribution in [0.1, 0.15) is 6.92 Å². The minimum atomic E-state index is -0.446. The first kappa shape index (κ1) is 15.1. The van der Waals surface area contributed by atoms with Crippen LogP contribution in [-0.4, -0.2) is 17.3 Å².